The normalized spacial score (nSPS) is 18.0. The number of nitrogens with one attached hydrogen (secondary N) is 1. The van der Waals surface area contributed by atoms with Crippen LogP contribution in [-0.4, -0.2) is 20.0 Å². The number of hydrogen-bond donors (Lipinski definition) is 1. The lowest BCUT2D eigenvalue weighted by molar-refractivity contribution is -0.128. The summed E-state index contributed by atoms with van der Waals surface area (Å²) in [5.41, 5.74) is 0.944. The molecular weight excluding hydrogens is 221 g/mol. The molecule has 1 heterocycles. The van der Waals surface area contributed by atoms with Gasteiger partial charge in [0.15, 0.2) is 0 Å². The van der Waals surface area contributed by atoms with Crippen LogP contribution in [-0.2, 0) is 4.79 Å². The predicted molar refractivity (Wildman–Crippen MR) is 60.9 cm³/mol. The summed E-state index contributed by atoms with van der Waals surface area (Å²) in [6, 6.07) is 4.89. The van der Waals surface area contributed by atoms with Gasteiger partial charge in [-0.2, -0.15) is 5.26 Å². The zero-order valence-electron chi connectivity index (χ0n) is 9.62. The number of amides is 1. The summed E-state index contributed by atoms with van der Waals surface area (Å²) in [5.74, 6) is -0.631. The molecule has 0 saturated carbocycles. The molecule has 1 aliphatic rings. The van der Waals surface area contributed by atoms with Crippen LogP contribution < -0.4 is 10.2 Å². The van der Waals surface area contributed by atoms with Gasteiger partial charge in [-0.05, 0) is 6.07 Å². The van der Waals surface area contributed by atoms with Gasteiger partial charge in [0.1, 0.15) is 17.4 Å². The number of hydrogen-bond acceptors (Lipinski definition) is 3. The first-order chi connectivity index (χ1) is 8.04. The standard InChI is InChI=1S/C12H12FN3O/c1-16(2)10-4-3-7(9-5-11(17)15-9)12(13)8(10)6-14/h3-4,9H,5H2,1-2H3,(H,15,17). The molecule has 0 spiro atoms. The van der Waals surface area contributed by atoms with Crippen molar-refractivity contribution in [2.45, 2.75) is 12.5 Å². The minimum Gasteiger partial charge on any atom is -0.377 e. The molecule has 0 aromatic heterocycles. The van der Waals surface area contributed by atoms with Crippen molar-refractivity contribution in [2.75, 3.05) is 19.0 Å². The van der Waals surface area contributed by atoms with E-state index in [9.17, 15) is 9.18 Å². The van der Waals surface area contributed by atoms with Gasteiger partial charge in [0.2, 0.25) is 5.91 Å². The number of anilines is 1. The number of carbonyl (C=O) groups is 1. The van der Waals surface area contributed by atoms with Gasteiger partial charge in [0, 0.05) is 19.7 Å². The Labute approximate surface area is 98.6 Å². The largest absolute Gasteiger partial charge is 0.377 e. The van der Waals surface area contributed by atoms with Crippen molar-refractivity contribution < 1.29 is 9.18 Å². The van der Waals surface area contributed by atoms with Crippen molar-refractivity contribution in [3.8, 4) is 6.07 Å². The van der Waals surface area contributed by atoms with Crippen molar-refractivity contribution in [1.82, 2.24) is 5.32 Å². The Bertz CT molecular complexity index is 511. The van der Waals surface area contributed by atoms with Crippen LogP contribution in [0.3, 0.4) is 0 Å². The average Bonchev–Trinajstić information content (AvgIpc) is 2.24. The maximum Gasteiger partial charge on any atom is 0.222 e. The number of halogens is 1. The molecule has 1 aromatic carbocycles. The topological polar surface area (TPSA) is 56.1 Å². The molecular formula is C12H12FN3O. The first-order valence-electron chi connectivity index (χ1n) is 5.23. The number of benzene rings is 1. The van der Waals surface area contributed by atoms with E-state index in [2.05, 4.69) is 5.32 Å². The van der Waals surface area contributed by atoms with Crippen molar-refractivity contribution in [3.05, 3.63) is 29.1 Å². The van der Waals surface area contributed by atoms with E-state index in [0.717, 1.165) is 0 Å². The van der Waals surface area contributed by atoms with Gasteiger partial charge in [0.05, 0.1) is 18.2 Å². The monoisotopic (exact) mass is 233 g/mol. The Hall–Kier alpha value is -2.09. The molecule has 1 atom stereocenters. The van der Waals surface area contributed by atoms with Gasteiger partial charge in [-0.15, -0.1) is 0 Å². The van der Waals surface area contributed by atoms with Crippen molar-refractivity contribution >= 4 is 11.6 Å². The SMILES string of the molecule is CN(C)c1ccc(C2CC(=O)N2)c(F)c1C#N. The van der Waals surface area contributed by atoms with Crippen LogP contribution >= 0.6 is 0 Å². The smallest absolute Gasteiger partial charge is 0.222 e. The Morgan fingerprint density at radius 2 is 2.18 bits per heavy atom. The predicted octanol–water partition coefficient (Wildman–Crippen LogP) is 1.32. The maximum atomic E-state index is 14.1. The molecule has 1 unspecified atom stereocenters. The fourth-order valence-electron chi connectivity index (χ4n) is 1.88. The molecule has 1 N–H and O–H groups in total. The molecule has 0 bridgehead atoms. The molecule has 1 aliphatic heterocycles. The summed E-state index contributed by atoms with van der Waals surface area (Å²) in [6.07, 6.45) is 0.281. The third kappa shape index (κ3) is 1.82. The number of β-lactam (4-membered cyclic amide) rings is 1. The van der Waals surface area contributed by atoms with Crippen molar-refractivity contribution in [1.29, 1.82) is 5.26 Å². The lowest BCUT2D eigenvalue weighted by Crippen LogP contribution is -2.41. The van der Waals surface area contributed by atoms with Crippen molar-refractivity contribution in [3.63, 3.8) is 0 Å². The van der Waals surface area contributed by atoms with E-state index in [0.29, 0.717) is 11.3 Å². The van der Waals surface area contributed by atoms with Gasteiger partial charge in [-0.3, -0.25) is 4.79 Å². The summed E-state index contributed by atoms with van der Waals surface area (Å²) in [5, 5.41) is 11.6. The average molecular weight is 233 g/mol. The molecule has 1 saturated heterocycles. The Morgan fingerprint density at radius 3 is 2.65 bits per heavy atom. The molecule has 1 amide bonds. The van der Waals surface area contributed by atoms with E-state index in [1.165, 1.54) is 0 Å². The number of nitrogens with zero attached hydrogens (tertiary/aromatic N) is 2. The van der Waals surface area contributed by atoms with E-state index < -0.39 is 5.82 Å². The summed E-state index contributed by atoms with van der Waals surface area (Å²) < 4.78 is 14.1. The first kappa shape index (κ1) is 11.4. The molecule has 0 aliphatic carbocycles. The summed E-state index contributed by atoms with van der Waals surface area (Å²) in [7, 11) is 3.50. The van der Waals surface area contributed by atoms with E-state index >= 15 is 0 Å². The quantitative estimate of drug-likeness (QED) is 0.784. The second-order valence-electron chi connectivity index (χ2n) is 4.19. The number of rotatable bonds is 2. The minimum absolute atomic E-state index is 0.0219. The number of nitriles is 1. The van der Waals surface area contributed by atoms with Crippen LogP contribution in [0.5, 0.6) is 0 Å². The summed E-state index contributed by atoms with van der Waals surface area (Å²) in [4.78, 5) is 12.5. The van der Waals surface area contributed by atoms with E-state index in [1.807, 2.05) is 6.07 Å². The van der Waals surface area contributed by atoms with Crippen LogP contribution in [0.15, 0.2) is 12.1 Å². The third-order valence-electron chi connectivity index (χ3n) is 2.84. The van der Waals surface area contributed by atoms with Gasteiger partial charge in [-0.25, -0.2) is 4.39 Å². The van der Waals surface area contributed by atoms with Gasteiger partial charge >= 0.3 is 0 Å². The van der Waals surface area contributed by atoms with Crippen LogP contribution in [0, 0.1) is 17.1 Å². The Morgan fingerprint density at radius 1 is 1.53 bits per heavy atom. The van der Waals surface area contributed by atoms with Gasteiger partial charge in [0.25, 0.3) is 0 Å². The van der Waals surface area contributed by atoms with E-state index in [-0.39, 0.29) is 23.9 Å². The fourth-order valence-corrected chi connectivity index (χ4v) is 1.88. The van der Waals surface area contributed by atoms with Gasteiger partial charge < -0.3 is 10.2 Å². The summed E-state index contributed by atoms with van der Waals surface area (Å²) >= 11 is 0. The maximum absolute atomic E-state index is 14.1. The van der Waals surface area contributed by atoms with Gasteiger partial charge in [-0.1, -0.05) is 6.07 Å². The lowest BCUT2D eigenvalue weighted by atomic mass is 9.94. The molecule has 0 radical (unpaired) electrons. The lowest BCUT2D eigenvalue weighted by Gasteiger charge is -2.28. The van der Waals surface area contributed by atoms with E-state index in [1.54, 1.807) is 31.1 Å². The molecule has 5 heteroatoms. The Balaban J connectivity index is 2.44. The fraction of sp³-hybridized carbons (Fsp3) is 0.333. The zero-order chi connectivity index (χ0) is 12.6. The third-order valence-corrected chi connectivity index (χ3v) is 2.84. The minimum atomic E-state index is -0.538. The van der Waals surface area contributed by atoms with Crippen LogP contribution in [0.2, 0.25) is 0 Å². The highest BCUT2D eigenvalue weighted by Gasteiger charge is 2.30. The van der Waals surface area contributed by atoms with Crippen molar-refractivity contribution in [2.24, 2.45) is 0 Å². The number of carbonyl (C=O) groups excluding carboxylic acids is 1. The molecule has 2 rings (SSSR count). The molecule has 1 aromatic rings. The highest BCUT2D eigenvalue weighted by Crippen LogP contribution is 2.31. The molecule has 4 nitrogen and oxygen atoms in total. The molecule has 88 valence electrons. The first-order valence-corrected chi connectivity index (χ1v) is 5.23. The highest BCUT2D eigenvalue weighted by molar-refractivity contribution is 5.83. The van der Waals surface area contributed by atoms with Crippen LogP contribution in [0.25, 0.3) is 0 Å². The second-order valence-corrected chi connectivity index (χ2v) is 4.19. The molecule has 1 fully saturated rings. The van der Waals surface area contributed by atoms with Crippen LogP contribution in [0.1, 0.15) is 23.6 Å². The summed E-state index contributed by atoms with van der Waals surface area (Å²) in [6.45, 7) is 0. The highest BCUT2D eigenvalue weighted by atomic mass is 19.1. The second kappa shape index (κ2) is 4.06. The molecule has 17 heavy (non-hydrogen) atoms. The van der Waals surface area contributed by atoms with E-state index in [4.69, 9.17) is 5.26 Å². The Kier molecular flexibility index (Phi) is 2.72. The van der Waals surface area contributed by atoms with Crippen LogP contribution in [0.4, 0.5) is 10.1 Å². The zero-order valence-corrected chi connectivity index (χ0v) is 9.62.